The number of amides is 1. The zero-order chi connectivity index (χ0) is 15.6. The molecule has 0 spiro atoms. The number of hydrogen-bond acceptors (Lipinski definition) is 6. The fourth-order valence-corrected chi connectivity index (χ4v) is 3.34. The van der Waals surface area contributed by atoms with Crippen molar-refractivity contribution in [1.82, 2.24) is 9.88 Å². The molecule has 0 unspecified atom stereocenters. The summed E-state index contributed by atoms with van der Waals surface area (Å²) in [6.07, 6.45) is 4.90. The molecular formula is C14H13N2O3S2-. The Balaban J connectivity index is 2.32. The Morgan fingerprint density at radius 1 is 1.52 bits per heavy atom. The first-order chi connectivity index (χ1) is 9.91. The Morgan fingerprint density at radius 3 is 2.76 bits per heavy atom. The van der Waals surface area contributed by atoms with Crippen LogP contribution in [0.1, 0.15) is 19.4 Å². The van der Waals surface area contributed by atoms with Crippen LogP contribution in [0, 0.1) is 5.92 Å². The first-order valence-electron chi connectivity index (χ1n) is 6.29. The summed E-state index contributed by atoms with van der Waals surface area (Å²) in [7, 11) is 0. The van der Waals surface area contributed by atoms with Crippen molar-refractivity contribution in [3.63, 3.8) is 0 Å². The molecule has 7 heteroatoms. The van der Waals surface area contributed by atoms with Gasteiger partial charge in [0, 0.05) is 12.4 Å². The lowest BCUT2D eigenvalue weighted by Crippen LogP contribution is -2.52. The molecule has 0 aliphatic carbocycles. The average molecular weight is 321 g/mol. The summed E-state index contributed by atoms with van der Waals surface area (Å²) in [6.45, 7) is 3.42. The third kappa shape index (κ3) is 3.30. The second-order valence-corrected chi connectivity index (χ2v) is 6.52. The van der Waals surface area contributed by atoms with E-state index in [1.165, 1.54) is 0 Å². The van der Waals surface area contributed by atoms with Crippen molar-refractivity contribution < 1.29 is 14.7 Å². The summed E-state index contributed by atoms with van der Waals surface area (Å²) >= 11 is 6.24. The van der Waals surface area contributed by atoms with Gasteiger partial charge < -0.3 is 9.90 Å². The Morgan fingerprint density at radius 2 is 2.24 bits per heavy atom. The van der Waals surface area contributed by atoms with Crippen LogP contribution in [0.3, 0.4) is 0 Å². The van der Waals surface area contributed by atoms with Crippen LogP contribution >= 0.6 is 24.0 Å². The van der Waals surface area contributed by atoms with Crippen molar-refractivity contribution in [3.8, 4) is 0 Å². The maximum absolute atomic E-state index is 12.4. The van der Waals surface area contributed by atoms with E-state index in [1.807, 2.05) is 0 Å². The summed E-state index contributed by atoms with van der Waals surface area (Å²) in [5.41, 5.74) is 0.757. The van der Waals surface area contributed by atoms with Gasteiger partial charge in [-0.25, -0.2) is 0 Å². The van der Waals surface area contributed by atoms with Gasteiger partial charge >= 0.3 is 0 Å². The van der Waals surface area contributed by atoms with E-state index in [4.69, 9.17) is 12.2 Å². The fraction of sp³-hybridized carbons (Fsp3) is 0.286. The monoisotopic (exact) mass is 321 g/mol. The van der Waals surface area contributed by atoms with E-state index in [0.29, 0.717) is 4.91 Å². The van der Waals surface area contributed by atoms with Gasteiger partial charge in [-0.1, -0.05) is 43.9 Å². The quantitative estimate of drug-likeness (QED) is 0.610. The van der Waals surface area contributed by atoms with Crippen molar-refractivity contribution in [3.05, 3.63) is 35.0 Å². The van der Waals surface area contributed by atoms with Crippen LogP contribution in [0.25, 0.3) is 6.08 Å². The van der Waals surface area contributed by atoms with Crippen LogP contribution < -0.4 is 5.11 Å². The number of carbonyl (C=O) groups is 2. The Bertz CT molecular complexity index is 614. The van der Waals surface area contributed by atoms with Gasteiger partial charge in [-0.3, -0.25) is 14.7 Å². The molecule has 1 aliphatic rings. The maximum Gasteiger partial charge on any atom is 0.266 e. The van der Waals surface area contributed by atoms with Gasteiger partial charge in [0.2, 0.25) is 0 Å². The molecule has 1 aliphatic heterocycles. The number of rotatable bonds is 4. The van der Waals surface area contributed by atoms with Gasteiger partial charge in [0.25, 0.3) is 5.91 Å². The molecular weight excluding hydrogens is 308 g/mol. The van der Waals surface area contributed by atoms with Crippen LogP contribution in [0.15, 0.2) is 29.4 Å². The van der Waals surface area contributed by atoms with Crippen molar-refractivity contribution in [2.24, 2.45) is 5.92 Å². The minimum absolute atomic E-state index is 0.234. The van der Waals surface area contributed by atoms with E-state index >= 15 is 0 Å². The lowest BCUT2D eigenvalue weighted by molar-refractivity contribution is -0.311. The Labute approximate surface area is 132 Å². The van der Waals surface area contributed by atoms with Crippen molar-refractivity contribution in [1.29, 1.82) is 0 Å². The molecule has 2 heterocycles. The molecule has 1 saturated heterocycles. The number of carboxylic acids is 1. The number of aromatic nitrogens is 1. The average Bonchev–Trinajstić information content (AvgIpc) is 2.67. The molecule has 0 radical (unpaired) electrons. The number of carboxylic acid groups (broad SMARTS) is 1. The largest absolute Gasteiger partial charge is 0.548 e. The standard InChI is InChI=1S/C14H14N2O3S2/c1-8(2)11(13(18)19)16-12(17)10(21-14(16)20)6-9-4-3-5-15-7-9/h3-8,11H,1-2H3,(H,18,19)/p-1/b10-6-/t11-/m1/s1. The van der Waals surface area contributed by atoms with Crippen LogP contribution in [-0.4, -0.2) is 32.1 Å². The SMILES string of the molecule is CC(C)[C@H](C(=O)[O-])N1C(=O)/C(=C/c2cccnc2)SC1=S. The third-order valence-corrected chi connectivity index (χ3v) is 4.29. The molecule has 2 rings (SSSR count). The minimum Gasteiger partial charge on any atom is -0.548 e. The Hall–Kier alpha value is -1.73. The van der Waals surface area contributed by atoms with E-state index in [9.17, 15) is 14.7 Å². The molecule has 21 heavy (non-hydrogen) atoms. The second-order valence-electron chi connectivity index (χ2n) is 4.85. The maximum atomic E-state index is 12.4. The smallest absolute Gasteiger partial charge is 0.266 e. The molecule has 0 aromatic carbocycles. The van der Waals surface area contributed by atoms with Crippen molar-refractivity contribution >= 4 is 46.3 Å². The zero-order valence-electron chi connectivity index (χ0n) is 11.5. The molecule has 1 atom stereocenters. The summed E-state index contributed by atoms with van der Waals surface area (Å²) in [5, 5.41) is 11.3. The van der Waals surface area contributed by atoms with Crippen molar-refractivity contribution in [2.75, 3.05) is 0 Å². The van der Waals surface area contributed by atoms with Gasteiger partial charge in [-0.15, -0.1) is 0 Å². The fourth-order valence-electron chi connectivity index (χ4n) is 2.01. The molecule has 5 nitrogen and oxygen atoms in total. The lowest BCUT2D eigenvalue weighted by atomic mass is 10.0. The summed E-state index contributed by atoms with van der Waals surface area (Å²) in [5.74, 6) is -2.00. The number of thiocarbonyl (C=S) groups is 1. The van der Waals surface area contributed by atoms with Crippen LogP contribution in [-0.2, 0) is 9.59 Å². The van der Waals surface area contributed by atoms with Crippen LogP contribution in [0.4, 0.5) is 0 Å². The van der Waals surface area contributed by atoms with Crippen LogP contribution in [0.5, 0.6) is 0 Å². The number of thioether (sulfide) groups is 1. The van der Waals surface area contributed by atoms with Gasteiger partial charge in [0.15, 0.2) is 0 Å². The third-order valence-electron chi connectivity index (χ3n) is 2.96. The van der Waals surface area contributed by atoms with Gasteiger partial charge in [-0.2, -0.15) is 0 Å². The number of hydrogen-bond donors (Lipinski definition) is 0. The second kappa shape index (κ2) is 6.36. The predicted octanol–water partition coefficient (Wildman–Crippen LogP) is 1.06. The number of nitrogens with zero attached hydrogens (tertiary/aromatic N) is 2. The van der Waals surface area contributed by atoms with Crippen molar-refractivity contribution in [2.45, 2.75) is 19.9 Å². The Kier molecular flexibility index (Phi) is 4.74. The minimum atomic E-state index is -1.30. The highest BCUT2D eigenvalue weighted by molar-refractivity contribution is 8.26. The molecule has 0 bridgehead atoms. The summed E-state index contributed by atoms with van der Waals surface area (Å²) in [6, 6.07) is 2.50. The number of aliphatic carboxylic acids is 1. The highest BCUT2D eigenvalue weighted by Crippen LogP contribution is 2.35. The number of carbonyl (C=O) groups excluding carboxylic acids is 2. The molecule has 1 fully saturated rings. The molecule has 1 aromatic rings. The normalized spacial score (nSPS) is 18.6. The van der Waals surface area contributed by atoms with E-state index in [-0.39, 0.29) is 10.2 Å². The highest BCUT2D eigenvalue weighted by Gasteiger charge is 2.38. The van der Waals surface area contributed by atoms with Gasteiger partial charge in [0.1, 0.15) is 4.32 Å². The number of pyridine rings is 1. The van der Waals surface area contributed by atoms with E-state index < -0.39 is 17.9 Å². The summed E-state index contributed by atoms with van der Waals surface area (Å²) < 4.78 is 0.234. The zero-order valence-corrected chi connectivity index (χ0v) is 13.1. The topological polar surface area (TPSA) is 73.3 Å². The molecule has 1 aromatic heterocycles. The van der Waals surface area contributed by atoms with Gasteiger partial charge in [0.05, 0.1) is 16.9 Å². The predicted molar refractivity (Wildman–Crippen MR) is 82.9 cm³/mol. The highest BCUT2D eigenvalue weighted by atomic mass is 32.2. The molecule has 0 N–H and O–H groups in total. The van der Waals surface area contributed by atoms with Crippen LogP contribution in [0.2, 0.25) is 0 Å². The molecule has 0 saturated carbocycles. The summed E-state index contributed by atoms with van der Waals surface area (Å²) in [4.78, 5) is 29.2. The first kappa shape index (κ1) is 15.7. The first-order valence-corrected chi connectivity index (χ1v) is 7.52. The van der Waals surface area contributed by atoms with E-state index in [0.717, 1.165) is 22.2 Å². The van der Waals surface area contributed by atoms with E-state index in [1.54, 1.807) is 44.4 Å². The molecule has 110 valence electrons. The molecule has 1 amide bonds. The van der Waals surface area contributed by atoms with Gasteiger partial charge in [-0.05, 0) is 23.6 Å². The van der Waals surface area contributed by atoms with E-state index in [2.05, 4.69) is 4.98 Å². The lowest BCUT2D eigenvalue weighted by Gasteiger charge is -2.30.